The van der Waals surface area contributed by atoms with E-state index in [4.69, 9.17) is 0 Å². The van der Waals surface area contributed by atoms with E-state index in [0.29, 0.717) is 24.2 Å². The maximum Gasteiger partial charge on any atom is 0.251 e. The highest BCUT2D eigenvalue weighted by atomic mass is 32.2. The van der Waals surface area contributed by atoms with E-state index >= 15 is 0 Å². The molecule has 122 valence electrons. The number of benzene rings is 1. The fourth-order valence-corrected chi connectivity index (χ4v) is 4.31. The number of hydrogen-bond acceptors (Lipinski definition) is 3. The predicted octanol–water partition coefficient (Wildman–Crippen LogP) is 2.54. The number of rotatable bonds is 5. The van der Waals surface area contributed by atoms with E-state index in [-0.39, 0.29) is 17.7 Å². The number of sulfonamides is 1. The molecule has 6 heteroatoms. The molecule has 0 unspecified atom stereocenters. The molecule has 22 heavy (non-hydrogen) atoms. The summed E-state index contributed by atoms with van der Waals surface area (Å²) in [7, 11) is -3.20. The van der Waals surface area contributed by atoms with Gasteiger partial charge in [-0.25, -0.2) is 8.42 Å². The lowest BCUT2D eigenvalue weighted by Gasteiger charge is -2.28. The number of amides is 1. The molecule has 1 aromatic rings. The van der Waals surface area contributed by atoms with E-state index in [9.17, 15) is 13.2 Å². The molecule has 1 amide bonds. The first-order chi connectivity index (χ1) is 10.4. The van der Waals surface area contributed by atoms with Crippen LogP contribution in [0.1, 0.15) is 49.9 Å². The second kappa shape index (κ2) is 7.13. The van der Waals surface area contributed by atoms with Gasteiger partial charge < -0.3 is 5.32 Å². The number of nitrogens with one attached hydrogen (secondary N) is 1. The molecule has 0 bridgehead atoms. The normalized spacial score (nSPS) is 18.7. The van der Waals surface area contributed by atoms with E-state index in [2.05, 4.69) is 12.2 Å². The van der Waals surface area contributed by atoms with Crippen LogP contribution in [0.4, 0.5) is 5.69 Å². The minimum atomic E-state index is -3.20. The van der Waals surface area contributed by atoms with Crippen molar-refractivity contribution in [2.24, 2.45) is 0 Å². The summed E-state index contributed by atoms with van der Waals surface area (Å²) in [5.41, 5.74) is 1.19. The first-order valence-corrected chi connectivity index (χ1v) is 9.46. The Balaban J connectivity index is 2.08. The molecular formula is C16H24N2O3S. The van der Waals surface area contributed by atoms with Crippen molar-refractivity contribution in [3.63, 3.8) is 0 Å². The van der Waals surface area contributed by atoms with Crippen LogP contribution < -0.4 is 9.62 Å². The average Bonchev–Trinajstić information content (AvgIpc) is 2.47. The van der Waals surface area contributed by atoms with Crippen LogP contribution in [0.25, 0.3) is 0 Å². The van der Waals surface area contributed by atoms with Crippen LogP contribution >= 0.6 is 0 Å². The van der Waals surface area contributed by atoms with Gasteiger partial charge in [-0.2, -0.15) is 0 Å². The van der Waals surface area contributed by atoms with Gasteiger partial charge in [0.1, 0.15) is 0 Å². The van der Waals surface area contributed by atoms with E-state index in [1.165, 1.54) is 4.31 Å². The summed E-state index contributed by atoms with van der Waals surface area (Å²) in [6.07, 6.45) is 3.55. The van der Waals surface area contributed by atoms with Crippen molar-refractivity contribution in [2.45, 2.75) is 45.6 Å². The monoisotopic (exact) mass is 324 g/mol. The van der Waals surface area contributed by atoms with Crippen LogP contribution in [-0.2, 0) is 10.0 Å². The molecule has 2 rings (SSSR count). The van der Waals surface area contributed by atoms with Crippen LogP contribution in [0.15, 0.2) is 24.3 Å². The van der Waals surface area contributed by atoms with Crippen LogP contribution in [0.3, 0.4) is 0 Å². The second-order valence-electron chi connectivity index (χ2n) is 5.81. The molecule has 0 aliphatic carbocycles. The molecule has 1 aromatic carbocycles. The van der Waals surface area contributed by atoms with Gasteiger partial charge in [-0.05, 0) is 50.5 Å². The zero-order valence-corrected chi connectivity index (χ0v) is 14.0. The summed E-state index contributed by atoms with van der Waals surface area (Å²) in [5.74, 6) is 0.0815. The highest BCUT2D eigenvalue weighted by Crippen LogP contribution is 2.23. The molecule has 0 aromatic heterocycles. The number of nitrogens with zero attached hydrogens (tertiary/aromatic N) is 1. The van der Waals surface area contributed by atoms with Crippen molar-refractivity contribution < 1.29 is 13.2 Å². The van der Waals surface area contributed by atoms with Crippen LogP contribution in [0, 0.1) is 0 Å². The average molecular weight is 324 g/mol. The Labute approximate surface area is 132 Å². The molecule has 1 atom stereocenters. The van der Waals surface area contributed by atoms with Gasteiger partial charge in [0, 0.05) is 18.2 Å². The largest absolute Gasteiger partial charge is 0.350 e. The van der Waals surface area contributed by atoms with E-state index in [1.807, 2.05) is 6.92 Å². The zero-order chi connectivity index (χ0) is 16.2. The Morgan fingerprint density at radius 2 is 1.95 bits per heavy atom. The number of anilines is 1. The van der Waals surface area contributed by atoms with Crippen LogP contribution in [-0.4, -0.2) is 32.7 Å². The third-order valence-corrected chi connectivity index (χ3v) is 5.74. The molecule has 1 aliphatic rings. The fourth-order valence-electron chi connectivity index (χ4n) is 2.67. The Bertz CT molecular complexity index is 611. The third kappa shape index (κ3) is 4.00. The Morgan fingerprint density at radius 3 is 2.55 bits per heavy atom. The minimum Gasteiger partial charge on any atom is -0.350 e. The molecular weight excluding hydrogens is 300 g/mol. The van der Waals surface area contributed by atoms with Crippen molar-refractivity contribution in [1.29, 1.82) is 0 Å². The summed E-state index contributed by atoms with van der Waals surface area (Å²) in [6, 6.07) is 6.94. The topological polar surface area (TPSA) is 66.5 Å². The lowest BCUT2D eigenvalue weighted by atomic mass is 10.1. The molecule has 1 fully saturated rings. The van der Waals surface area contributed by atoms with Crippen molar-refractivity contribution in [2.75, 3.05) is 16.6 Å². The molecule has 1 saturated heterocycles. The maximum absolute atomic E-state index is 12.1. The summed E-state index contributed by atoms with van der Waals surface area (Å²) in [4.78, 5) is 12.1. The van der Waals surface area contributed by atoms with E-state index in [0.717, 1.165) is 19.3 Å². The molecule has 0 spiro atoms. The number of carbonyl (C=O) groups is 1. The standard InChI is InChI=1S/C16H24N2O3S/c1-3-6-13(2)17-16(19)14-7-9-15(10-8-14)18-11-4-5-12-22(18,20)21/h7-10,13H,3-6,11-12H2,1-2H3,(H,17,19)/t13-/m0/s1. The molecule has 0 saturated carbocycles. The highest BCUT2D eigenvalue weighted by Gasteiger charge is 2.26. The van der Waals surface area contributed by atoms with Gasteiger partial charge in [0.25, 0.3) is 5.91 Å². The molecule has 5 nitrogen and oxygen atoms in total. The van der Waals surface area contributed by atoms with E-state index in [1.54, 1.807) is 24.3 Å². The second-order valence-corrected chi connectivity index (χ2v) is 7.82. The van der Waals surface area contributed by atoms with Gasteiger partial charge in [-0.15, -0.1) is 0 Å². The van der Waals surface area contributed by atoms with Crippen molar-refractivity contribution in [3.05, 3.63) is 29.8 Å². The molecule has 1 N–H and O–H groups in total. The zero-order valence-electron chi connectivity index (χ0n) is 13.2. The Morgan fingerprint density at radius 1 is 1.27 bits per heavy atom. The third-order valence-electron chi connectivity index (χ3n) is 3.87. The van der Waals surface area contributed by atoms with Gasteiger partial charge in [0.2, 0.25) is 10.0 Å². The lowest BCUT2D eigenvalue weighted by Crippen LogP contribution is -2.37. The number of carbonyl (C=O) groups excluding carboxylic acids is 1. The highest BCUT2D eigenvalue weighted by molar-refractivity contribution is 7.92. The van der Waals surface area contributed by atoms with Gasteiger partial charge in [-0.3, -0.25) is 9.10 Å². The van der Waals surface area contributed by atoms with Crippen molar-refractivity contribution in [3.8, 4) is 0 Å². The van der Waals surface area contributed by atoms with Gasteiger partial charge in [-0.1, -0.05) is 13.3 Å². The van der Waals surface area contributed by atoms with Gasteiger partial charge in [0.05, 0.1) is 11.4 Å². The lowest BCUT2D eigenvalue weighted by molar-refractivity contribution is 0.0938. The first-order valence-electron chi connectivity index (χ1n) is 7.85. The number of hydrogen-bond donors (Lipinski definition) is 1. The first kappa shape index (κ1) is 16.8. The van der Waals surface area contributed by atoms with E-state index < -0.39 is 10.0 Å². The predicted molar refractivity (Wildman–Crippen MR) is 88.6 cm³/mol. The van der Waals surface area contributed by atoms with Crippen molar-refractivity contribution >= 4 is 21.6 Å². The van der Waals surface area contributed by atoms with Gasteiger partial charge in [0.15, 0.2) is 0 Å². The van der Waals surface area contributed by atoms with Crippen LogP contribution in [0.2, 0.25) is 0 Å². The summed E-state index contributed by atoms with van der Waals surface area (Å²) in [5, 5.41) is 2.94. The summed E-state index contributed by atoms with van der Waals surface area (Å²) >= 11 is 0. The van der Waals surface area contributed by atoms with Crippen LogP contribution in [0.5, 0.6) is 0 Å². The summed E-state index contributed by atoms with van der Waals surface area (Å²) in [6.45, 7) is 4.58. The van der Waals surface area contributed by atoms with Crippen molar-refractivity contribution in [1.82, 2.24) is 5.32 Å². The SMILES string of the molecule is CCC[C@H](C)NC(=O)c1ccc(N2CCCCS2(=O)=O)cc1. The van der Waals surface area contributed by atoms with Gasteiger partial charge >= 0.3 is 0 Å². The Kier molecular flexibility index (Phi) is 5.45. The quantitative estimate of drug-likeness (QED) is 0.905. The molecule has 1 heterocycles. The minimum absolute atomic E-state index is 0.117. The molecule has 0 radical (unpaired) electrons. The summed E-state index contributed by atoms with van der Waals surface area (Å²) < 4.78 is 25.6. The smallest absolute Gasteiger partial charge is 0.251 e. The molecule has 1 aliphatic heterocycles. The Hall–Kier alpha value is -1.56. The fraction of sp³-hybridized carbons (Fsp3) is 0.562. The maximum atomic E-state index is 12.1.